The van der Waals surface area contributed by atoms with Gasteiger partial charge in [-0.15, -0.1) is 0 Å². The molecule has 0 bridgehead atoms. The molecule has 0 aliphatic rings. The van der Waals surface area contributed by atoms with Crippen molar-refractivity contribution in [1.29, 1.82) is 0 Å². The molecule has 0 aliphatic heterocycles. The number of aryl methyl sites for hydroxylation is 2. The van der Waals surface area contributed by atoms with E-state index in [0.29, 0.717) is 12.0 Å². The van der Waals surface area contributed by atoms with E-state index in [4.69, 9.17) is 4.74 Å². The van der Waals surface area contributed by atoms with Gasteiger partial charge in [0.25, 0.3) is 0 Å². The number of phenolic OH excluding ortho intramolecular Hbond substituents is 1. The minimum absolute atomic E-state index is 0.131. The molecular weight excluding hydrogens is 352 g/mol. The lowest BCUT2D eigenvalue weighted by Gasteiger charge is -2.07. The van der Waals surface area contributed by atoms with Crippen molar-refractivity contribution in [1.82, 2.24) is 5.43 Å². The first-order valence-corrected chi connectivity index (χ1v) is 9.24. The molecule has 0 saturated carbocycles. The van der Waals surface area contributed by atoms with Crippen LogP contribution in [0.15, 0.2) is 59.7 Å². The quantitative estimate of drug-likeness (QED) is 0.476. The van der Waals surface area contributed by atoms with Crippen LogP contribution in [-0.4, -0.2) is 24.3 Å². The van der Waals surface area contributed by atoms with E-state index in [1.54, 1.807) is 13.2 Å². The van der Waals surface area contributed by atoms with E-state index in [1.807, 2.05) is 49.4 Å². The highest BCUT2D eigenvalue weighted by atomic mass is 16.5. The Morgan fingerprint density at radius 2 is 2.00 bits per heavy atom. The SMILES string of the molecule is COc1ccc(CCCC(=O)N/N=C\c2c(O)ccc3ccccc23)cc1C. The third-order valence-electron chi connectivity index (χ3n) is 4.66. The summed E-state index contributed by atoms with van der Waals surface area (Å²) >= 11 is 0. The highest BCUT2D eigenvalue weighted by molar-refractivity contribution is 6.02. The van der Waals surface area contributed by atoms with Crippen molar-refractivity contribution < 1.29 is 14.6 Å². The van der Waals surface area contributed by atoms with Crippen LogP contribution in [0.4, 0.5) is 0 Å². The van der Waals surface area contributed by atoms with Gasteiger partial charge in [0.15, 0.2) is 0 Å². The zero-order valence-corrected chi connectivity index (χ0v) is 16.1. The maximum Gasteiger partial charge on any atom is 0.240 e. The topological polar surface area (TPSA) is 70.9 Å². The van der Waals surface area contributed by atoms with E-state index < -0.39 is 0 Å². The summed E-state index contributed by atoms with van der Waals surface area (Å²) in [6, 6.07) is 17.2. The van der Waals surface area contributed by atoms with Gasteiger partial charge in [-0.2, -0.15) is 5.10 Å². The van der Waals surface area contributed by atoms with Crippen molar-refractivity contribution in [2.45, 2.75) is 26.2 Å². The minimum atomic E-state index is -0.152. The molecule has 5 heteroatoms. The molecule has 0 spiro atoms. The molecule has 2 N–H and O–H groups in total. The predicted octanol–water partition coefficient (Wildman–Crippen LogP) is 4.34. The fourth-order valence-corrected chi connectivity index (χ4v) is 3.19. The monoisotopic (exact) mass is 376 g/mol. The number of carbonyl (C=O) groups is 1. The number of ether oxygens (including phenoxy) is 1. The number of hydrogen-bond donors (Lipinski definition) is 2. The second-order valence-electron chi connectivity index (χ2n) is 6.67. The number of phenols is 1. The third kappa shape index (κ3) is 4.68. The van der Waals surface area contributed by atoms with Crippen LogP contribution in [0.25, 0.3) is 10.8 Å². The first-order chi connectivity index (χ1) is 13.6. The van der Waals surface area contributed by atoms with Crippen molar-refractivity contribution in [3.05, 3.63) is 71.3 Å². The van der Waals surface area contributed by atoms with E-state index in [2.05, 4.69) is 16.6 Å². The Kier molecular flexibility index (Phi) is 6.27. The van der Waals surface area contributed by atoms with Crippen LogP contribution >= 0.6 is 0 Å². The van der Waals surface area contributed by atoms with Crippen molar-refractivity contribution in [3.63, 3.8) is 0 Å². The predicted molar refractivity (Wildman–Crippen MR) is 112 cm³/mol. The maximum atomic E-state index is 12.0. The number of benzene rings is 3. The van der Waals surface area contributed by atoms with Crippen molar-refractivity contribution in [2.75, 3.05) is 7.11 Å². The van der Waals surface area contributed by atoms with Gasteiger partial charge in [0.1, 0.15) is 11.5 Å². The average molecular weight is 376 g/mol. The molecule has 0 atom stereocenters. The summed E-state index contributed by atoms with van der Waals surface area (Å²) < 4.78 is 5.26. The second-order valence-corrected chi connectivity index (χ2v) is 6.67. The number of carbonyl (C=O) groups excluding carboxylic acids is 1. The standard InChI is InChI=1S/C23H24N2O3/c1-16-14-17(10-13-22(16)28-2)6-5-9-23(27)25-24-15-20-19-8-4-3-7-18(19)11-12-21(20)26/h3-4,7-8,10-15,26H,5-6,9H2,1-2H3,(H,25,27)/b24-15-. The average Bonchev–Trinajstić information content (AvgIpc) is 2.70. The number of nitrogens with one attached hydrogen (secondary N) is 1. The minimum Gasteiger partial charge on any atom is -0.507 e. The van der Waals surface area contributed by atoms with Gasteiger partial charge in [0, 0.05) is 12.0 Å². The maximum absolute atomic E-state index is 12.0. The smallest absolute Gasteiger partial charge is 0.240 e. The fourth-order valence-electron chi connectivity index (χ4n) is 3.19. The van der Waals surface area contributed by atoms with Gasteiger partial charge in [-0.3, -0.25) is 4.79 Å². The number of hydrazone groups is 1. The van der Waals surface area contributed by atoms with Crippen LogP contribution in [0.1, 0.15) is 29.5 Å². The number of aromatic hydroxyl groups is 1. The molecule has 0 saturated heterocycles. The number of rotatable bonds is 7. The van der Waals surface area contributed by atoms with Gasteiger partial charge in [-0.05, 0) is 53.8 Å². The number of nitrogens with zero attached hydrogens (tertiary/aromatic N) is 1. The molecule has 0 heterocycles. The Balaban J connectivity index is 1.53. The lowest BCUT2D eigenvalue weighted by molar-refractivity contribution is -0.121. The number of hydrogen-bond acceptors (Lipinski definition) is 4. The highest BCUT2D eigenvalue weighted by Gasteiger charge is 2.06. The summed E-state index contributed by atoms with van der Waals surface area (Å²) in [7, 11) is 1.66. The number of amides is 1. The van der Waals surface area contributed by atoms with E-state index >= 15 is 0 Å². The first kappa shape index (κ1) is 19.4. The van der Waals surface area contributed by atoms with Gasteiger partial charge >= 0.3 is 0 Å². The largest absolute Gasteiger partial charge is 0.507 e. The molecular formula is C23H24N2O3. The van der Waals surface area contributed by atoms with Gasteiger partial charge in [0.05, 0.1) is 13.3 Å². The molecule has 5 nitrogen and oxygen atoms in total. The van der Waals surface area contributed by atoms with Crippen LogP contribution in [-0.2, 0) is 11.2 Å². The molecule has 3 rings (SSSR count). The summed E-state index contributed by atoms with van der Waals surface area (Å²) in [5, 5.41) is 16.0. The van der Waals surface area contributed by atoms with E-state index in [0.717, 1.165) is 34.9 Å². The molecule has 28 heavy (non-hydrogen) atoms. The Hall–Kier alpha value is -3.34. The fraction of sp³-hybridized carbons (Fsp3) is 0.217. The van der Waals surface area contributed by atoms with Crippen molar-refractivity contribution in [2.24, 2.45) is 5.10 Å². The Morgan fingerprint density at radius 3 is 2.79 bits per heavy atom. The van der Waals surface area contributed by atoms with Gasteiger partial charge in [-0.1, -0.05) is 42.5 Å². The van der Waals surface area contributed by atoms with Crippen LogP contribution in [0, 0.1) is 6.92 Å². The molecule has 1 amide bonds. The summed E-state index contributed by atoms with van der Waals surface area (Å²) in [4.78, 5) is 12.0. The van der Waals surface area contributed by atoms with Crippen molar-refractivity contribution in [3.8, 4) is 11.5 Å². The number of methoxy groups -OCH3 is 1. The van der Waals surface area contributed by atoms with Gasteiger partial charge in [-0.25, -0.2) is 5.43 Å². The second kappa shape index (κ2) is 9.04. The van der Waals surface area contributed by atoms with Gasteiger partial charge in [0.2, 0.25) is 5.91 Å². The number of fused-ring (bicyclic) bond motifs is 1. The van der Waals surface area contributed by atoms with Crippen LogP contribution in [0.2, 0.25) is 0 Å². The lowest BCUT2D eigenvalue weighted by Crippen LogP contribution is -2.17. The molecule has 0 fully saturated rings. The molecule has 144 valence electrons. The Labute approximate surface area is 164 Å². The van der Waals surface area contributed by atoms with Crippen LogP contribution in [0.3, 0.4) is 0 Å². The molecule has 0 aromatic heterocycles. The third-order valence-corrected chi connectivity index (χ3v) is 4.66. The van der Waals surface area contributed by atoms with E-state index in [9.17, 15) is 9.90 Å². The summed E-state index contributed by atoms with van der Waals surface area (Å²) in [5.74, 6) is 0.848. The highest BCUT2D eigenvalue weighted by Crippen LogP contribution is 2.25. The van der Waals surface area contributed by atoms with Gasteiger partial charge < -0.3 is 9.84 Å². The normalized spacial score (nSPS) is 11.1. The first-order valence-electron chi connectivity index (χ1n) is 9.24. The van der Waals surface area contributed by atoms with Crippen LogP contribution in [0.5, 0.6) is 11.5 Å². The summed E-state index contributed by atoms with van der Waals surface area (Å²) in [5.41, 5.74) is 5.39. The zero-order chi connectivity index (χ0) is 19.9. The zero-order valence-electron chi connectivity index (χ0n) is 16.1. The summed E-state index contributed by atoms with van der Waals surface area (Å²) in [6.45, 7) is 2.01. The molecule has 0 aliphatic carbocycles. The molecule has 3 aromatic carbocycles. The lowest BCUT2D eigenvalue weighted by atomic mass is 10.0. The molecule has 0 radical (unpaired) electrons. The van der Waals surface area contributed by atoms with Crippen LogP contribution < -0.4 is 10.2 Å². The van der Waals surface area contributed by atoms with Crippen molar-refractivity contribution >= 4 is 22.9 Å². The molecule has 3 aromatic rings. The summed E-state index contributed by atoms with van der Waals surface area (Å²) in [6.07, 6.45) is 3.41. The Bertz CT molecular complexity index is 1010. The van der Waals surface area contributed by atoms with E-state index in [1.165, 1.54) is 11.8 Å². The van der Waals surface area contributed by atoms with E-state index in [-0.39, 0.29) is 11.7 Å². The Morgan fingerprint density at radius 1 is 1.18 bits per heavy atom. The molecule has 0 unspecified atom stereocenters.